The summed E-state index contributed by atoms with van der Waals surface area (Å²) in [4.78, 5) is 34.9. The minimum atomic E-state index is -0.930. The fourth-order valence-corrected chi connectivity index (χ4v) is 3.28. The van der Waals surface area contributed by atoms with Crippen molar-refractivity contribution in [1.29, 1.82) is 0 Å². The number of nitrogens with zero attached hydrogens (tertiary/aromatic N) is 4. The number of carbonyl (C=O) groups is 2. The molecule has 2 heterocycles. The number of thioether (sulfide) groups is 1. The van der Waals surface area contributed by atoms with Crippen LogP contribution in [0.25, 0.3) is 0 Å². The van der Waals surface area contributed by atoms with Crippen LogP contribution in [0, 0.1) is 0 Å². The molecule has 1 N–H and O–H groups in total. The van der Waals surface area contributed by atoms with Gasteiger partial charge in [0.15, 0.2) is 5.16 Å². The number of amides is 1. The number of aliphatic carboxylic acids is 1. The monoisotopic (exact) mass is 358 g/mol. The Morgan fingerprint density at radius 2 is 2.17 bits per heavy atom. The number of piperazine rings is 1. The Morgan fingerprint density at radius 3 is 2.78 bits per heavy atom. The van der Waals surface area contributed by atoms with E-state index >= 15 is 0 Å². The van der Waals surface area contributed by atoms with Crippen molar-refractivity contribution in [3.63, 3.8) is 0 Å². The average molecular weight is 359 g/mol. The maximum Gasteiger partial charge on any atom is 0.313 e. The van der Waals surface area contributed by atoms with Crippen LogP contribution in [0.15, 0.2) is 11.2 Å². The lowest BCUT2D eigenvalue weighted by molar-refractivity contribution is -0.134. The van der Waals surface area contributed by atoms with Crippen molar-refractivity contribution in [1.82, 2.24) is 14.9 Å². The van der Waals surface area contributed by atoms with Crippen LogP contribution in [0.1, 0.15) is 20.3 Å². The van der Waals surface area contributed by atoms with E-state index in [-0.39, 0.29) is 22.9 Å². The Bertz CT molecular complexity index is 601. The number of carboxylic acids is 1. The first kappa shape index (κ1) is 17.8. The van der Waals surface area contributed by atoms with Gasteiger partial charge in [-0.15, -0.1) is 0 Å². The van der Waals surface area contributed by atoms with Crippen LogP contribution in [-0.4, -0.2) is 63.3 Å². The largest absolute Gasteiger partial charge is 0.481 e. The van der Waals surface area contributed by atoms with Crippen LogP contribution < -0.4 is 4.90 Å². The zero-order chi connectivity index (χ0) is 17.0. The van der Waals surface area contributed by atoms with Gasteiger partial charge in [-0.3, -0.25) is 9.59 Å². The van der Waals surface area contributed by atoms with Gasteiger partial charge in [0.05, 0.1) is 5.75 Å². The van der Waals surface area contributed by atoms with Gasteiger partial charge in [-0.05, 0) is 6.92 Å². The fraction of sp³-hybridized carbons (Fsp3) is 0.571. The van der Waals surface area contributed by atoms with Crippen LogP contribution in [-0.2, 0) is 9.59 Å². The lowest BCUT2D eigenvalue weighted by Crippen LogP contribution is -2.54. The summed E-state index contributed by atoms with van der Waals surface area (Å²) in [5.41, 5.74) is 0. The van der Waals surface area contributed by atoms with Crippen molar-refractivity contribution in [2.45, 2.75) is 31.5 Å². The Morgan fingerprint density at radius 1 is 1.43 bits per heavy atom. The average Bonchev–Trinajstić information content (AvgIpc) is 2.51. The highest BCUT2D eigenvalue weighted by Gasteiger charge is 2.27. The number of rotatable bonds is 5. The Balaban J connectivity index is 2.10. The SMILES string of the molecule is CCC(=O)N1CCN(c2cc(Cl)nc(SCC(=O)O)n2)CC1C. The van der Waals surface area contributed by atoms with Crippen LogP contribution in [0.2, 0.25) is 5.15 Å². The van der Waals surface area contributed by atoms with E-state index in [4.69, 9.17) is 16.7 Å². The molecule has 0 aromatic carbocycles. The summed E-state index contributed by atoms with van der Waals surface area (Å²) < 4.78 is 0. The minimum absolute atomic E-state index is 0.0834. The second-order valence-electron chi connectivity index (χ2n) is 5.25. The molecule has 126 valence electrons. The number of anilines is 1. The second kappa shape index (κ2) is 7.83. The molecule has 1 fully saturated rings. The van der Waals surface area contributed by atoms with Crippen LogP contribution in [0.4, 0.5) is 5.82 Å². The van der Waals surface area contributed by atoms with E-state index < -0.39 is 5.97 Å². The first-order valence-corrected chi connectivity index (χ1v) is 8.70. The number of hydrogen-bond donors (Lipinski definition) is 1. The molecule has 0 spiro atoms. The van der Waals surface area contributed by atoms with E-state index in [2.05, 4.69) is 9.97 Å². The van der Waals surface area contributed by atoms with Crippen LogP contribution in [0.5, 0.6) is 0 Å². The summed E-state index contributed by atoms with van der Waals surface area (Å²) in [6.45, 7) is 5.81. The third kappa shape index (κ3) is 4.71. The molecule has 1 aliphatic heterocycles. The zero-order valence-electron chi connectivity index (χ0n) is 13.0. The van der Waals surface area contributed by atoms with Gasteiger partial charge in [0, 0.05) is 38.2 Å². The Hall–Kier alpha value is -1.54. The summed E-state index contributed by atoms with van der Waals surface area (Å²) in [5, 5.41) is 9.37. The Kier molecular flexibility index (Phi) is 6.06. The lowest BCUT2D eigenvalue weighted by Gasteiger charge is -2.40. The molecule has 2 rings (SSSR count). The molecule has 1 aromatic heterocycles. The first-order valence-electron chi connectivity index (χ1n) is 7.34. The number of hydrogen-bond acceptors (Lipinski definition) is 6. The van der Waals surface area contributed by atoms with Crippen molar-refractivity contribution in [2.75, 3.05) is 30.3 Å². The first-order chi connectivity index (χ1) is 10.9. The van der Waals surface area contributed by atoms with E-state index in [0.29, 0.717) is 37.0 Å². The molecule has 0 radical (unpaired) electrons. The lowest BCUT2D eigenvalue weighted by atomic mass is 10.1. The van der Waals surface area contributed by atoms with Gasteiger partial charge >= 0.3 is 5.97 Å². The molecule has 1 aromatic rings. The van der Waals surface area contributed by atoms with Crippen LogP contribution >= 0.6 is 23.4 Å². The maximum absolute atomic E-state index is 11.9. The molecule has 1 amide bonds. The van der Waals surface area contributed by atoms with Crippen molar-refractivity contribution >= 4 is 41.1 Å². The number of aromatic nitrogens is 2. The van der Waals surface area contributed by atoms with E-state index in [1.165, 1.54) is 0 Å². The van der Waals surface area contributed by atoms with E-state index in [0.717, 1.165) is 11.8 Å². The number of carbonyl (C=O) groups excluding carboxylic acids is 1. The third-order valence-corrected chi connectivity index (χ3v) is 4.59. The summed E-state index contributed by atoms with van der Waals surface area (Å²) in [7, 11) is 0. The van der Waals surface area contributed by atoms with Crippen molar-refractivity contribution in [3.05, 3.63) is 11.2 Å². The molecular formula is C14H19ClN4O3S. The highest BCUT2D eigenvalue weighted by atomic mass is 35.5. The highest BCUT2D eigenvalue weighted by Crippen LogP contribution is 2.24. The van der Waals surface area contributed by atoms with E-state index in [9.17, 15) is 9.59 Å². The van der Waals surface area contributed by atoms with Gasteiger partial charge < -0.3 is 14.9 Å². The van der Waals surface area contributed by atoms with Gasteiger partial charge in [-0.1, -0.05) is 30.3 Å². The molecule has 0 bridgehead atoms. The summed E-state index contributed by atoms with van der Waals surface area (Å²) >= 11 is 7.05. The molecular weight excluding hydrogens is 340 g/mol. The quantitative estimate of drug-likeness (QED) is 0.487. The second-order valence-corrected chi connectivity index (χ2v) is 6.58. The van der Waals surface area contributed by atoms with Gasteiger partial charge in [-0.25, -0.2) is 9.97 Å². The standard InChI is InChI=1S/C14H19ClN4O3S/c1-3-12(20)19-5-4-18(7-9(19)2)11-6-10(15)16-14(17-11)23-8-13(21)22/h6,9H,3-5,7-8H2,1-2H3,(H,21,22). The van der Waals surface area contributed by atoms with Gasteiger partial charge in [0.2, 0.25) is 5.91 Å². The van der Waals surface area contributed by atoms with Crippen molar-refractivity contribution < 1.29 is 14.7 Å². The predicted octanol–water partition coefficient (Wildman–Crippen LogP) is 1.75. The molecule has 1 saturated heterocycles. The third-order valence-electron chi connectivity index (χ3n) is 3.56. The van der Waals surface area contributed by atoms with Gasteiger partial charge in [0.25, 0.3) is 0 Å². The van der Waals surface area contributed by atoms with Gasteiger partial charge in [0.1, 0.15) is 11.0 Å². The molecule has 23 heavy (non-hydrogen) atoms. The molecule has 0 aliphatic carbocycles. The summed E-state index contributed by atoms with van der Waals surface area (Å²) in [5.74, 6) is -0.237. The summed E-state index contributed by atoms with van der Waals surface area (Å²) in [6, 6.07) is 1.75. The van der Waals surface area contributed by atoms with Crippen LogP contribution in [0.3, 0.4) is 0 Å². The Labute approximate surface area is 144 Å². The molecule has 1 atom stereocenters. The predicted molar refractivity (Wildman–Crippen MR) is 89.1 cm³/mol. The molecule has 1 unspecified atom stereocenters. The smallest absolute Gasteiger partial charge is 0.313 e. The number of halogens is 1. The molecule has 9 heteroatoms. The van der Waals surface area contributed by atoms with Gasteiger partial charge in [-0.2, -0.15) is 0 Å². The summed E-state index contributed by atoms with van der Waals surface area (Å²) in [6.07, 6.45) is 0.500. The van der Waals surface area contributed by atoms with E-state index in [1.807, 2.05) is 23.6 Å². The van der Waals surface area contributed by atoms with E-state index in [1.54, 1.807) is 6.07 Å². The number of carboxylic acid groups (broad SMARTS) is 1. The zero-order valence-corrected chi connectivity index (χ0v) is 14.6. The maximum atomic E-state index is 11.9. The van der Waals surface area contributed by atoms with Crippen molar-refractivity contribution in [3.8, 4) is 0 Å². The topological polar surface area (TPSA) is 86.6 Å². The molecule has 1 aliphatic rings. The van der Waals surface area contributed by atoms with Crippen molar-refractivity contribution in [2.24, 2.45) is 0 Å². The fourth-order valence-electron chi connectivity index (χ4n) is 2.48. The molecule has 0 saturated carbocycles. The normalized spacial score (nSPS) is 18.1. The molecule has 7 nitrogen and oxygen atoms in total. The highest BCUT2D eigenvalue weighted by molar-refractivity contribution is 7.99. The minimum Gasteiger partial charge on any atom is -0.481 e.